The van der Waals surface area contributed by atoms with Crippen LogP contribution in [0.2, 0.25) is 0 Å². The predicted molar refractivity (Wildman–Crippen MR) is 64.5 cm³/mol. The van der Waals surface area contributed by atoms with Crippen LogP contribution in [0.5, 0.6) is 0 Å². The lowest BCUT2D eigenvalue weighted by atomic mass is 10.1. The third kappa shape index (κ3) is 5.20. The van der Waals surface area contributed by atoms with E-state index in [-0.39, 0.29) is 13.0 Å². The highest BCUT2D eigenvalue weighted by atomic mass is 19.4. The highest BCUT2D eigenvalue weighted by molar-refractivity contribution is 5.70. The van der Waals surface area contributed by atoms with E-state index in [1.807, 2.05) is 0 Å². The number of ether oxygens (including phenoxy) is 1. The Labute approximate surface area is 114 Å². The van der Waals surface area contributed by atoms with Crippen LogP contribution < -0.4 is 0 Å². The second-order valence-corrected chi connectivity index (χ2v) is 4.46. The SMILES string of the molecule is Cc1nn(CCCOCC(F)(F)F)c(C)c1CC(=O)O. The molecule has 1 heterocycles. The molecule has 0 aromatic carbocycles. The van der Waals surface area contributed by atoms with Crippen LogP contribution in [-0.2, 0) is 22.5 Å². The summed E-state index contributed by atoms with van der Waals surface area (Å²) in [6.07, 6.45) is -4.04. The van der Waals surface area contributed by atoms with E-state index in [2.05, 4.69) is 9.84 Å². The van der Waals surface area contributed by atoms with Crippen LogP contribution >= 0.6 is 0 Å². The summed E-state index contributed by atoms with van der Waals surface area (Å²) in [7, 11) is 0. The minimum absolute atomic E-state index is 0.0217. The molecule has 0 unspecified atom stereocenters. The van der Waals surface area contributed by atoms with Crippen LogP contribution in [0, 0.1) is 13.8 Å². The first-order valence-electron chi connectivity index (χ1n) is 6.10. The summed E-state index contributed by atoms with van der Waals surface area (Å²) in [5.41, 5.74) is 2.00. The number of aliphatic carboxylic acids is 1. The minimum Gasteiger partial charge on any atom is -0.481 e. The molecule has 0 radical (unpaired) electrons. The van der Waals surface area contributed by atoms with Crippen molar-refractivity contribution in [2.45, 2.75) is 39.4 Å². The highest BCUT2D eigenvalue weighted by Gasteiger charge is 2.27. The molecule has 20 heavy (non-hydrogen) atoms. The van der Waals surface area contributed by atoms with Crippen molar-refractivity contribution in [2.24, 2.45) is 0 Å². The van der Waals surface area contributed by atoms with E-state index in [0.717, 1.165) is 5.69 Å². The average molecular weight is 294 g/mol. The Morgan fingerprint density at radius 1 is 1.40 bits per heavy atom. The number of aryl methyl sites for hydroxylation is 2. The van der Waals surface area contributed by atoms with Crippen molar-refractivity contribution >= 4 is 5.97 Å². The first-order chi connectivity index (χ1) is 9.20. The quantitative estimate of drug-likeness (QED) is 0.782. The van der Waals surface area contributed by atoms with Crippen molar-refractivity contribution in [1.82, 2.24) is 9.78 Å². The molecule has 1 N–H and O–H groups in total. The standard InChI is InChI=1S/C12H17F3N2O3/c1-8-10(6-11(18)19)9(2)17(16-8)4-3-5-20-7-12(13,14)15/h3-7H2,1-2H3,(H,18,19). The van der Waals surface area contributed by atoms with Crippen molar-refractivity contribution in [2.75, 3.05) is 13.2 Å². The van der Waals surface area contributed by atoms with Gasteiger partial charge in [0.25, 0.3) is 0 Å². The molecule has 0 fully saturated rings. The van der Waals surface area contributed by atoms with Crippen molar-refractivity contribution in [1.29, 1.82) is 0 Å². The number of hydrogen-bond acceptors (Lipinski definition) is 3. The number of carboxylic acids is 1. The van der Waals surface area contributed by atoms with E-state index in [1.165, 1.54) is 0 Å². The lowest BCUT2D eigenvalue weighted by Crippen LogP contribution is -2.18. The van der Waals surface area contributed by atoms with Gasteiger partial charge in [0.1, 0.15) is 6.61 Å². The van der Waals surface area contributed by atoms with Gasteiger partial charge < -0.3 is 9.84 Å². The third-order valence-electron chi connectivity index (χ3n) is 2.78. The smallest absolute Gasteiger partial charge is 0.411 e. The zero-order valence-electron chi connectivity index (χ0n) is 11.3. The van der Waals surface area contributed by atoms with Gasteiger partial charge in [0.2, 0.25) is 0 Å². The first-order valence-corrected chi connectivity index (χ1v) is 6.10. The van der Waals surface area contributed by atoms with Crippen molar-refractivity contribution in [3.8, 4) is 0 Å². The molecule has 1 aromatic rings. The number of hydrogen-bond donors (Lipinski definition) is 1. The number of nitrogens with zero attached hydrogens (tertiary/aromatic N) is 2. The van der Waals surface area contributed by atoms with E-state index in [9.17, 15) is 18.0 Å². The molecule has 8 heteroatoms. The van der Waals surface area contributed by atoms with Crippen LogP contribution in [0.15, 0.2) is 0 Å². The first kappa shape index (κ1) is 16.5. The van der Waals surface area contributed by atoms with E-state index in [1.54, 1.807) is 18.5 Å². The Morgan fingerprint density at radius 3 is 2.60 bits per heavy atom. The summed E-state index contributed by atoms with van der Waals surface area (Å²) in [5.74, 6) is -0.940. The molecule has 0 saturated heterocycles. The van der Waals surface area contributed by atoms with Gasteiger partial charge in [-0.05, 0) is 20.3 Å². The average Bonchev–Trinajstić information content (AvgIpc) is 2.54. The molecule has 1 aromatic heterocycles. The molecule has 0 bridgehead atoms. The summed E-state index contributed by atoms with van der Waals surface area (Å²) >= 11 is 0. The largest absolute Gasteiger partial charge is 0.481 e. The lowest BCUT2D eigenvalue weighted by molar-refractivity contribution is -0.174. The van der Waals surface area contributed by atoms with Gasteiger partial charge in [0, 0.05) is 24.4 Å². The minimum atomic E-state index is -4.31. The number of carbonyl (C=O) groups is 1. The zero-order valence-corrected chi connectivity index (χ0v) is 11.3. The summed E-state index contributed by atoms with van der Waals surface area (Å²) in [6, 6.07) is 0. The van der Waals surface area contributed by atoms with Gasteiger partial charge >= 0.3 is 12.1 Å². The van der Waals surface area contributed by atoms with Crippen LogP contribution in [0.1, 0.15) is 23.4 Å². The van der Waals surface area contributed by atoms with Crippen molar-refractivity contribution in [3.05, 3.63) is 17.0 Å². The van der Waals surface area contributed by atoms with Gasteiger partial charge in [-0.1, -0.05) is 0 Å². The molecule has 5 nitrogen and oxygen atoms in total. The van der Waals surface area contributed by atoms with Crippen LogP contribution in [0.25, 0.3) is 0 Å². The Bertz CT molecular complexity index is 469. The molecule has 0 amide bonds. The van der Waals surface area contributed by atoms with Gasteiger partial charge in [-0.25, -0.2) is 0 Å². The maximum atomic E-state index is 11.8. The Kier molecular flexibility index (Phi) is 5.55. The van der Waals surface area contributed by atoms with Gasteiger partial charge in [-0.15, -0.1) is 0 Å². The summed E-state index contributed by atoms with van der Waals surface area (Å²) in [5, 5.41) is 13.0. The number of rotatable bonds is 7. The van der Waals surface area contributed by atoms with E-state index < -0.39 is 18.8 Å². The molecule has 0 saturated carbocycles. The monoisotopic (exact) mass is 294 g/mol. The molecule has 0 aliphatic carbocycles. The van der Waals surface area contributed by atoms with Crippen molar-refractivity contribution < 1.29 is 27.8 Å². The van der Waals surface area contributed by atoms with Crippen LogP contribution in [-0.4, -0.2) is 40.2 Å². The number of halogens is 3. The van der Waals surface area contributed by atoms with Gasteiger partial charge in [0.15, 0.2) is 0 Å². The number of aromatic nitrogens is 2. The molecular formula is C12H17F3N2O3. The normalized spacial score (nSPS) is 11.8. The molecule has 0 aliphatic heterocycles. The molecule has 114 valence electrons. The second-order valence-electron chi connectivity index (χ2n) is 4.46. The Balaban J connectivity index is 2.47. The van der Waals surface area contributed by atoms with E-state index >= 15 is 0 Å². The zero-order chi connectivity index (χ0) is 15.3. The van der Waals surface area contributed by atoms with Crippen LogP contribution in [0.4, 0.5) is 13.2 Å². The predicted octanol–water partition coefficient (Wildman–Crippen LogP) is 2.10. The van der Waals surface area contributed by atoms with Crippen LogP contribution in [0.3, 0.4) is 0 Å². The fourth-order valence-corrected chi connectivity index (χ4v) is 1.86. The molecular weight excluding hydrogens is 277 g/mol. The molecule has 1 rings (SSSR count). The Morgan fingerprint density at radius 2 is 2.05 bits per heavy atom. The lowest BCUT2D eigenvalue weighted by Gasteiger charge is -2.08. The fraction of sp³-hybridized carbons (Fsp3) is 0.667. The van der Waals surface area contributed by atoms with Gasteiger partial charge in [-0.2, -0.15) is 18.3 Å². The third-order valence-corrected chi connectivity index (χ3v) is 2.78. The summed E-state index contributed by atoms with van der Waals surface area (Å²) < 4.78 is 41.7. The maximum Gasteiger partial charge on any atom is 0.411 e. The van der Waals surface area contributed by atoms with E-state index in [0.29, 0.717) is 24.2 Å². The second kappa shape index (κ2) is 6.74. The summed E-state index contributed by atoms with van der Waals surface area (Å²) in [4.78, 5) is 10.7. The van der Waals surface area contributed by atoms with Gasteiger partial charge in [0.05, 0.1) is 12.1 Å². The fourth-order valence-electron chi connectivity index (χ4n) is 1.86. The number of carboxylic acid groups (broad SMARTS) is 1. The Hall–Kier alpha value is -1.57. The van der Waals surface area contributed by atoms with E-state index in [4.69, 9.17) is 5.11 Å². The highest BCUT2D eigenvalue weighted by Crippen LogP contribution is 2.16. The van der Waals surface area contributed by atoms with Crippen molar-refractivity contribution in [3.63, 3.8) is 0 Å². The topological polar surface area (TPSA) is 64.4 Å². The molecule has 0 aliphatic rings. The maximum absolute atomic E-state index is 11.8. The number of alkyl halides is 3. The molecule has 0 spiro atoms. The summed E-state index contributed by atoms with van der Waals surface area (Å²) in [6.45, 7) is 2.57. The molecule has 0 atom stereocenters. The van der Waals surface area contributed by atoms with Gasteiger partial charge in [-0.3, -0.25) is 9.48 Å².